The Kier molecular flexibility index (Phi) is 8.39. The van der Waals surface area contributed by atoms with Crippen molar-refractivity contribution in [2.24, 2.45) is 0 Å². The summed E-state index contributed by atoms with van der Waals surface area (Å²) in [7, 11) is 3.15. The van der Waals surface area contributed by atoms with Gasteiger partial charge in [-0.1, -0.05) is 6.07 Å². The topological polar surface area (TPSA) is 92.6 Å². The van der Waals surface area contributed by atoms with E-state index in [4.69, 9.17) is 14.2 Å². The van der Waals surface area contributed by atoms with Crippen LogP contribution >= 0.6 is 0 Å². The number of anilines is 1. The van der Waals surface area contributed by atoms with Crippen molar-refractivity contribution in [3.63, 3.8) is 0 Å². The van der Waals surface area contributed by atoms with Gasteiger partial charge in [0.15, 0.2) is 11.5 Å². The maximum atomic E-state index is 12.2. The molecule has 0 saturated heterocycles. The van der Waals surface area contributed by atoms with Gasteiger partial charge in [0.05, 0.1) is 20.8 Å². The summed E-state index contributed by atoms with van der Waals surface area (Å²) in [4.78, 5) is 12.2. The van der Waals surface area contributed by atoms with Gasteiger partial charge in [0, 0.05) is 18.4 Å². The zero-order valence-electron chi connectivity index (χ0n) is 16.8. The van der Waals surface area contributed by atoms with Gasteiger partial charge in [-0.3, -0.25) is 4.79 Å². The molecule has 7 heteroatoms. The Balaban J connectivity index is 1.89. The third-order valence-corrected chi connectivity index (χ3v) is 4.06. The van der Waals surface area contributed by atoms with Gasteiger partial charge in [-0.25, -0.2) is 0 Å². The fourth-order valence-corrected chi connectivity index (χ4v) is 2.57. The monoisotopic (exact) mass is 395 g/mol. The van der Waals surface area contributed by atoms with Crippen LogP contribution in [0.4, 0.5) is 5.69 Å². The van der Waals surface area contributed by atoms with Gasteiger partial charge in [0.1, 0.15) is 17.4 Å². The predicted molar refractivity (Wildman–Crippen MR) is 111 cm³/mol. The molecule has 0 saturated carbocycles. The van der Waals surface area contributed by atoms with Crippen LogP contribution in [0.2, 0.25) is 0 Å². The number of nitrogens with one attached hydrogen (secondary N) is 2. The zero-order valence-corrected chi connectivity index (χ0v) is 16.8. The van der Waals surface area contributed by atoms with E-state index < -0.39 is 5.91 Å². The molecule has 2 aromatic carbocycles. The average molecular weight is 395 g/mol. The van der Waals surface area contributed by atoms with Crippen molar-refractivity contribution in [1.82, 2.24) is 5.32 Å². The zero-order chi connectivity index (χ0) is 21.1. The van der Waals surface area contributed by atoms with Crippen LogP contribution in [0.25, 0.3) is 0 Å². The Bertz CT molecular complexity index is 886. The second-order valence-corrected chi connectivity index (χ2v) is 5.97. The Morgan fingerprint density at radius 1 is 1.10 bits per heavy atom. The summed E-state index contributed by atoms with van der Waals surface area (Å²) in [5.41, 5.74) is 1.73. The SMILES string of the molecule is CCOc1ccc(N/C=C(/C#N)C(=O)NCCc2ccc(OC)c(OC)c2)cc1. The van der Waals surface area contributed by atoms with Gasteiger partial charge >= 0.3 is 0 Å². The van der Waals surface area contributed by atoms with Crippen molar-refractivity contribution in [2.45, 2.75) is 13.3 Å². The number of benzene rings is 2. The molecular weight excluding hydrogens is 370 g/mol. The molecule has 0 fully saturated rings. The van der Waals surface area contributed by atoms with E-state index in [1.165, 1.54) is 6.20 Å². The molecule has 0 radical (unpaired) electrons. The first-order valence-corrected chi connectivity index (χ1v) is 9.20. The number of ether oxygens (including phenoxy) is 3. The van der Waals surface area contributed by atoms with Crippen LogP contribution in [-0.4, -0.2) is 33.3 Å². The maximum Gasteiger partial charge on any atom is 0.263 e. The molecule has 0 spiro atoms. The van der Waals surface area contributed by atoms with E-state index in [1.807, 2.05) is 55.5 Å². The minimum Gasteiger partial charge on any atom is -0.494 e. The number of amides is 1. The summed E-state index contributed by atoms with van der Waals surface area (Å²) in [6.45, 7) is 2.89. The van der Waals surface area contributed by atoms with E-state index in [2.05, 4.69) is 10.6 Å². The molecule has 0 aliphatic rings. The standard InChI is InChI=1S/C22H25N3O4/c1-4-29-19-8-6-18(7-9-19)25-15-17(14-23)22(26)24-12-11-16-5-10-20(27-2)21(13-16)28-3/h5-10,13,15,25H,4,11-12H2,1-3H3,(H,24,26)/b17-15-. The molecule has 2 N–H and O–H groups in total. The minimum atomic E-state index is -0.439. The second kappa shape index (κ2) is 11.2. The molecule has 0 aromatic heterocycles. The average Bonchev–Trinajstić information content (AvgIpc) is 2.75. The molecule has 0 atom stereocenters. The Labute approximate surface area is 170 Å². The number of methoxy groups -OCH3 is 2. The fourth-order valence-electron chi connectivity index (χ4n) is 2.57. The number of rotatable bonds is 10. The van der Waals surface area contributed by atoms with Gasteiger partial charge in [-0.15, -0.1) is 0 Å². The highest BCUT2D eigenvalue weighted by molar-refractivity contribution is 5.97. The van der Waals surface area contributed by atoms with Gasteiger partial charge in [0.25, 0.3) is 5.91 Å². The molecule has 7 nitrogen and oxygen atoms in total. The van der Waals surface area contributed by atoms with E-state index >= 15 is 0 Å². The minimum absolute atomic E-state index is 0.00815. The Morgan fingerprint density at radius 2 is 1.83 bits per heavy atom. The third-order valence-electron chi connectivity index (χ3n) is 4.06. The highest BCUT2D eigenvalue weighted by atomic mass is 16.5. The number of carbonyl (C=O) groups is 1. The normalized spacial score (nSPS) is 10.6. The van der Waals surface area contributed by atoms with Gasteiger partial charge in [-0.05, 0) is 55.3 Å². The smallest absolute Gasteiger partial charge is 0.263 e. The molecule has 0 aliphatic carbocycles. The number of hydrogen-bond donors (Lipinski definition) is 2. The second-order valence-electron chi connectivity index (χ2n) is 5.97. The molecule has 2 rings (SSSR count). The van der Waals surface area contributed by atoms with Crippen LogP contribution in [0.15, 0.2) is 54.2 Å². The van der Waals surface area contributed by atoms with Gasteiger partial charge < -0.3 is 24.8 Å². The van der Waals surface area contributed by atoms with E-state index in [9.17, 15) is 10.1 Å². The number of carbonyl (C=O) groups excluding carboxylic acids is 1. The fraction of sp³-hybridized carbons (Fsp3) is 0.273. The third kappa shape index (κ3) is 6.47. The summed E-state index contributed by atoms with van der Waals surface area (Å²) in [5.74, 6) is 1.60. The molecular formula is C22H25N3O4. The molecule has 1 amide bonds. The molecule has 0 unspecified atom stereocenters. The summed E-state index contributed by atoms with van der Waals surface area (Å²) >= 11 is 0. The van der Waals surface area contributed by atoms with Crippen LogP contribution < -0.4 is 24.8 Å². The van der Waals surface area contributed by atoms with Crippen molar-refractivity contribution in [2.75, 3.05) is 32.7 Å². The van der Waals surface area contributed by atoms with Crippen LogP contribution in [0.1, 0.15) is 12.5 Å². The lowest BCUT2D eigenvalue weighted by molar-refractivity contribution is -0.117. The molecule has 29 heavy (non-hydrogen) atoms. The Hall–Kier alpha value is -3.66. The first-order chi connectivity index (χ1) is 14.1. The maximum absolute atomic E-state index is 12.2. The molecule has 0 bridgehead atoms. The van der Waals surface area contributed by atoms with E-state index in [1.54, 1.807) is 14.2 Å². The highest BCUT2D eigenvalue weighted by Crippen LogP contribution is 2.27. The van der Waals surface area contributed by atoms with Crippen molar-refractivity contribution in [1.29, 1.82) is 5.26 Å². The van der Waals surface area contributed by atoms with Crippen molar-refractivity contribution in [3.8, 4) is 23.3 Å². The first-order valence-electron chi connectivity index (χ1n) is 9.20. The number of nitrogens with zero attached hydrogens (tertiary/aromatic N) is 1. The lowest BCUT2D eigenvalue weighted by atomic mass is 10.1. The van der Waals surface area contributed by atoms with Gasteiger partial charge in [0.2, 0.25) is 0 Å². The van der Waals surface area contributed by atoms with E-state index in [-0.39, 0.29) is 5.57 Å². The van der Waals surface area contributed by atoms with Crippen molar-refractivity contribution < 1.29 is 19.0 Å². The van der Waals surface area contributed by atoms with Crippen LogP contribution in [0, 0.1) is 11.3 Å². The lowest BCUT2D eigenvalue weighted by Crippen LogP contribution is -2.27. The lowest BCUT2D eigenvalue weighted by Gasteiger charge is -2.10. The van der Waals surface area contributed by atoms with Crippen LogP contribution in [0.5, 0.6) is 17.2 Å². The predicted octanol–water partition coefficient (Wildman–Crippen LogP) is 3.28. The summed E-state index contributed by atoms with van der Waals surface area (Å²) < 4.78 is 15.9. The molecule has 2 aromatic rings. The first kappa shape index (κ1) is 21.6. The van der Waals surface area contributed by atoms with E-state index in [0.717, 1.165) is 17.0 Å². The van der Waals surface area contributed by atoms with Crippen LogP contribution in [-0.2, 0) is 11.2 Å². The highest BCUT2D eigenvalue weighted by Gasteiger charge is 2.09. The summed E-state index contributed by atoms with van der Waals surface area (Å²) in [5, 5.41) is 15.0. The summed E-state index contributed by atoms with van der Waals surface area (Å²) in [6, 6.07) is 14.7. The quantitative estimate of drug-likeness (QED) is 0.474. The number of nitriles is 1. The van der Waals surface area contributed by atoms with Crippen LogP contribution in [0.3, 0.4) is 0 Å². The molecule has 0 aliphatic heterocycles. The largest absolute Gasteiger partial charge is 0.494 e. The molecule has 152 valence electrons. The van der Waals surface area contributed by atoms with Crippen molar-refractivity contribution in [3.05, 3.63) is 59.8 Å². The number of hydrogen-bond acceptors (Lipinski definition) is 6. The molecule has 0 heterocycles. The Morgan fingerprint density at radius 3 is 2.45 bits per heavy atom. The van der Waals surface area contributed by atoms with Crippen molar-refractivity contribution >= 4 is 11.6 Å². The van der Waals surface area contributed by atoms with E-state index in [0.29, 0.717) is 31.1 Å². The van der Waals surface area contributed by atoms with Gasteiger partial charge in [-0.2, -0.15) is 5.26 Å². The summed E-state index contributed by atoms with van der Waals surface area (Å²) in [6.07, 6.45) is 1.98.